The zero-order valence-electron chi connectivity index (χ0n) is 17.2. The first-order chi connectivity index (χ1) is 13.8. The number of fused-ring (bicyclic) bond motifs is 3. The van der Waals surface area contributed by atoms with Crippen molar-refractivity contribution in [1.82, 2.24) is 24.8 Å². The molecule has 1 amide bonds. The van der Waals surface area contributed by atoms with Gasteiger partial charge in [0, 0.05) is 31.6 Å². The highest BCUT2D eigenvalue weighted by Crippen LogP contribution is 2.36. The number of pyridine rings is 1. The summed E-state index contributed by atoms with van der Waals surface area (Å²) in [5.41, 5.74) is 4.21. The number of benzene rings is 1. The summed E-state index contributed by atoms with van der Waals surface area (Å²) in [5.74, 6) is 0.758. The van der Waals surface area contributed by atoms with Gasteiger partial charge in [-0.05, 0) is 11.6 Å². The summed E-state index contributed by atoms with van der Waals surface area (Å²) in [6.45, 7) is 6.21. The molecule has 8 heteroatoms. The highest BCUT2D eigenvalue weighted by atomic mass is 32.1. The first kappa shape index (κ1) is 19.3. The van der Waals surface area contributed by atoms with Crippen molar-refractivity contribution in [2.45, 2.75) is 27.3 Å². The van der Waals surface area contributed by atoms with Gasteiger partial charge in [0.15, 0.2) is 11.5 Å². The molecule has 0 fully saturated rings. The predicted molar refractivity (Wildman–Crippen MR) is 118 cm³/mol. The van der Waals surface area contributed by atoms with Gasteiger partial charge in [0.1, 0.15) is 15.2 Å². The smallest absolute Gasteiger partial charge is 0.225 e. The van der Waals surface area contributed by atoms with Gasteiger partial charge in [-0.25, -0.2) is 15.0 Å². The number of aromatic nitrogens is 4. The molecule has 4 aromatic rings. The summed E-state index contributed by atoms with van der Waals surface area (Å²) in [7, 11) is 3.82. The second-order valence-corrected chi connectivity index (χ2v) is 9.07. The van der Waals surface area contributed by atoms with Crippen molar-refractivity contribution < 1.29 is 4.79 Å². The number of nitrogens with zero attached hydrogens (tertiary/aromatic N) is 4. The highest BCUT2D eigenvalue weighted by molar-refractivity contribution is 7.22. The molecule has 3 aromatic heterocycles. The number of carbonyl (C=O) groups excluding carboxylic acids is 1. The van der Waals surface area contributed by atoms with Crippen molar-refractivity contribution in [3.8, 4) is 10.6 Å². The fourth-order valence-corrected chi connectivity index (χ4v) is 4.22. The number of thiazole rings is 1. The van der Waals surface area contributed by atoms with Crippen molar-refractivity contribution in [3.05, 3.63) is 36.2 Å². The molecule has 0 spiro atoms. The van der Waals surface area contributed by atoms with E-state index in [4.69, 9.17) is 4.98 Å². The van der Waals surface area contributed by atoms with Crippen molar-refractivity contribution in [2.75, 3.05) is 12.4 Å². The van der Waals surface area contributed by atoms with Gasteiger partial charge in [-0.2, -0.15) is 0 Å². The summed E-state index contributed by atoms with van der Waals surface area (Å²) in [6, 6.07) is 8.11. The fraction of sp³-hybridized carbons (Fsp3) is 0.333. The Bertz CT molecular complexity index is 1220. The molecule has 0 saturated carbocycles. The first-order valence-electron chi connectivity index (χ1n) is 9.45. The number of imidazole rings is 1. The molecule has 0 bridgehead atoms. The molecule has 29 heavy (non-hydrogen) atoms. The number of aryl methyl sites for hydroxylation is 1. The van der Waals surface area contributed by atoms with Crippen LogP contribution in [0.4, 0.5) is 5.82 Å². The van der Waals surface area contributed by atoms with Crippen molar-refractivity contribution >= 4 is 44.4 Å². The summed E-state index contributed by atoms with van der Waals surface area (Å²) < 4.78 is 3.01. The van der Waals surface area contributed by atoms with E-state index in [-0.39, 0.29) is 5.91 Å². The normalized spacial score (nSPS) is 11.9. The topological polar surface area (TPSA) is 84.7 Å². The molecule has 0 unspecified atom stereocenters. The number of rotatable bonds is 4. The highest BCUT2D eigenvalue weighted by Gasteiger charge is 2.21. The average Bonchev–Trinajstić information content (AvgIpc) is 3.28. The molecule has 0 aliphatic heterocycles. The molecule has 7 nitrogen and oxygen atoms in total. The second-order valence-electron chi connectivity index (χ2n) is 8.07. The van der Waals surface area contributed by atoms with E-state index in [1.165, 1.54) is 0 Å². The Kier molecular flexibility index (Phi) is 4.74. The molecule has 2 N–H and O–H groups in total. The van der Waals surface area contributed by atoms with Gasteiger partial charge in [0.2, 0.25) is 5.91 Å². The summed E-state index contributed by atoms with van der Waals surface area (Å²) >= 11 is 1.61. The van der Waals surface area contributed by atoms with Crippen LogP contribution in [-0.2, 0) is 18.4 Å². The maximum absolute atomic E-state index is 12.2. The van der Waals surface area contributed by atoms with Gasteiger partial charge in [-0.15, -0.1) is 11.3 Å². The standard InChI is InChI=1S/C21H24N6OS/c1-21(2,3)20(28)23-10-12-7-6-8-13(9-12)19-26-18-16(29-19)15-14(17(22-4)25-18)24-11-27(15)5/h6-9,11H,10H2,1-5H3,(H,22,25)(H,23,28). The average molecular weight is 409 g/mol. The maximum Gasteiger partial charge on any atom is 0.225 e. The lowest BCUT2D eigenvalue weighted by Gasteiger charge is -2.17. The van der Waals surface area contributed by atoms with E-state index >= 15 is 0 Å². The van der Waals surface area contributed by atoms with Crippen molar-refractivity contribution in [3.63, 3.8) is 0 Å². The monoisotopic (exact) mass is 408 g/mol. The number of anilines is 1. The molecule has 0 aliphatic rings. The van der Waals surface area contributed by atoms with Gasteiger partial charge in [-0.1, -0.05) is 39.0 Å². The molecule has 150 valence electrons. The van der Waals surface area contributed by atoms with Crippen LogP contribution in [0.25, 0.3) is 32.0 Å². The molecule has 0 atom stereocenters. The third-order valence-electron chi connectivity index (χ3n) is 4.75. The van der Waals surface area contributed by atoms with Gasteiger partial charge in [0.25, 0.3) is 0 Å². The van der Waals surface area contributed by atoms with E-state index in [1.54, 1.807) is 17.7 Å². The molecule has 0 aliphatic carbocycles. The number of amides is 1. The Morgan fingerprint density at radius 2 is 2.03 bits per heavy atom. The minimum atomic E-state index is -0.407. The van der Waals surface area contributed by atoms with E-state index in [1.807, 2.05) is 57.6 Å². The van der Waals surface area contributed by atoms with Gasteiger partial charge < -0.3 is 15.2 Å². The molecule has 0 saturated heterocycles. The van der Waals surface area contributed by atoms with Crippen molar-refractivity contribution in [1.29, 1.82) is 0 Å². The van der Waals surface area contributed by atoms with Crippen LogP contribution in [0.15, 0.2) is 30.6 Å². The van der Waals surface area contributed by atoms with Crippen molar-refractivity contribution in [2.24, 2.45) is 12.5 Å². The molecule has 0 radical (unpaired) electrons. The summed E-state index contributed by atoms with van der Waals surface area (Å²) in [4.78, 5) is 26.1. The third kappa shape index (κ3) is 3.55. The lowest BCUT2D eigenvalue weighted by molar-refractivity contribution is -0.128. The zero-order chi connectivity index (χ0) is 20.8. The minimum absolute atomic E-state index is 0.0327. The summed E-state index contributed by atoms with van der Waals surface area (Å²) in [5, 5.41) is 7.01. The van der Waals surface area contributed by atoms with Gasteiger partial charge >= 0.3 is 0 Å². The van der Waals surface area contributed by atoms with Crippen LogP contribution < -0.4 is 10.6 Å². The van der Waals surface area contributed by atoms with Crippen LogP contribution in [0.2, 0.25) is 0 Å². The Morgan fingerprint density at radius 3 is 2.76 bits per heavy atom. The lowest BCUT2D eigenvalue weighted by atomic mass is 9.95. The Hall–Kier alpha value is -3.00. The quantitative estimate of drug-likeness (QED) is 0.534. The minimum Gasteiger partial charge on any atom is -0.371 e. The van der Waals surface area contributed by atoms with Crippen LogP contribution in [0.1, 0.15) is 26.3 Å². The summed E-state index contributed by atoms with van der Waals surface area (Å²) in [6.07, 6.45) is 1.80. The number of nitrogens with one attached hydrogen (secondary N) is 2. The largest absolute Gasteiger partial charge is 0.371 e. The molecular formula is C21H24N6OS. The molecule has 3 heterocycles. The lowest BCUT2D eigenvalue weighted by Crippen LogP contribution is -2.34. The van der Waals surface area contributed by atoms with Crippen LogP contribution >= 0.6 is 11.3 Å². The maximum atomic E-state index is 12.2. The third-order valence-corrected chi connectivity index (χ3v) is 5.85. The Balaban J connectivity index is 1.71. The number of carbonyl (C=O) groups is 1. The zero-order valence-corrected chi connectivity index (χ0v) is 18.0. The van der Waals surface area contributed by atoms with Gasteiger partial charge in [-0.3, -0.25) is 4.79 Å². The first-order valence-corrected chi connectivity index (χ1v) is 10.3. The molecular weight excluding hydrogens is 384 g/mol. The second kappa shape index (κ2) is 7.11. The van der Waals surface area contributed by atoms with Crippen LogP contribution in [0, 0.1) is 5.41 Å². The van der Waals surface area contributed by atoms with Crippen LogP contribution in [0.5, 0.6) is 0 Å². The molecule has 1 aromatic carbocycles. The predicted octanol–water partition coefficient (Wildman–Crippen LogP) is 3.95. The number of hydrogen-bond acceptors (Lipinski definition) is 6. The van der Waals surface area contributed by atoms with E-state index in [0.717, 1.165) is 37.7 Å². The van der Waals surface area contributed by atoms with Crippen LogP contribution in [0.3, 0.4) is 0 Å². The van der Waals surface area contributed by atoms with Gasteiger partial charge in [0.05, 0.1) is 11.8 Å². The van der Waals surface area contributed by atoms with Crippen LogP contribution in [-0.4, -0.2) is 32.5 Å². The fourth-order valence-electron chi connectivity index (χ4n) is 3.13. The number of hydrogen-bond donors (Lipinski definition) is 2. The van der Waals surface area contributed by atoms with E-state index in [0.29, 0.717) is 12.2 Å². The Labute approximate surface area is 173 Å². The molecule has 4 rings (SSSR count). The Morgan fingerprint density at radius 1 is 1.24 bits per heavy atom. The SMILES string of the molecule is CNc1nc2nc(-c3cccc(CNC(=O)C(C)(C)C)c3)sc2c2c1ncn2C. The van der Waals surface area contributed by atoms with E-state index in [2.05, 4.69) is 26.7 Å². The van der Waals surface area contributed by atoms with E-state index in [9.17, 15) is 4.79 Å². The van der Waals surface area contributed by atoms with E-state index < -0.39 is 5.41 Å².